The van der Waals surface area contributed by atoms with Crippen molar-refractivity contribution in [1.29, 1.82) is 0 Å². The van der Waals surface area contributed by atoms with Crippen molar-refractivity contribution in [3.63, 3.8) is 0 Å². The van der Waals surface area contributed by atoms with Crippen LogP contribution in [0.1, 0.15) is 121 Å². The fourth-order valence-corrected chi connectivity index (χ4v) is 7.94. The first-order valence-corrected chi connectivity index (χ1v) is 27.8. The lowest BCUT2D eigenvalue weighted by Gasteiger charge is -2.33. The van der Waals surface area contributed by atoms with Gasteiger partial charge in [0.2, 0.25) is 17.7 Å². The number of rotatable bonds is 45. The Kier molecular flexibility index (Phi) is 37.0. The number of hydrogen-bond donors (Lipinski definition) is 4. The Balaban J connectivity index is 1.18. The summed E-state index contributed by atoms with van der Waals surface area (Å²) in [5.74, 6) is -0.613. The van der Waals surface area contributed by atoms with E-state index >= 15 is 0 Å². The Hall–Kier alpha value is -3.58. The minimum atomic E-state index is -1.33. The maximum absolute atomic E-state index is 13.4. The Morgan fingerprint density at radius 3 is 1.19 bits per heavy atom. The van der Waals surface area contributed by atoms with Crippen LogP contribution in [0.15, 0.2) is 30.3 Å². The quantitative estimate of drug-likeness (QED) is 0.0611. The van der Waals surface area contributed by atoms with Crippen molar-refractivity contribution in [2.45, 2.75) is 147 Å². The van der Waals surface area contributed by atoms with Crippen LogP contribution in [-0.2, 0) is 82.6 Å². The number of benzene rings is 1. The van der Waals surface area contributed by atoms with Crippen molar-refractivity contribution in [2.24, 2.45) is 0 Å². The lowest BCUT2D eigenvalue weighted by atomic mass is 10.0. The molecule has 75 heavy (non-hydrogen) atoms. The van der Waals surface area contributed by atoms with Gasteiger partial charge in [-0.3, -0.25) is 14.4 Å². The molecule has 430 valence electrons. The third kappa shape index (κ3) is 34.0. The molecule has 3 fully saturated rings. The van der Waals surface area contributed by atoms with E-state index in [9.17, 15) is 19.2 Å². The van der Waals surface area contributed by atoms with Crippen molar-refractivity contribution < 1.29 is 80.8 Å². The molecule has 0 radical (unpaired) electrons. The van der Waals surface area contributed by atoms with Gasteiger partial charge in [0.1, 0.15) is 12.1 Å². The van der Waals surface area contributed by atoms with Crippen molar-refractivity contribution in [2.75, 3.05) is 139 Å². The lowest BCUT2D eigenvalue weighted by molar-refractivity contribution is -0.164. The van der Waals surface area contributed by atoms with E-state index in [-0.39, 0.29) is 102 Å². The van der Waals surface area contributed by atoms with E-state index in [0.717, 1.165) is 102 Å². The van der Waals surface area contributed by atoms with E-state index in [1.54, 1.807) is 0 Å². The minimum Gasteiger partial charge on any atom is -0.445 e. The van der Waals surface area contributed by atoms with Crippen molar-refractivity contribution in [3.05, 3.63) is 35.9 Å². The third-order valence-electron chi connectivity index (χ3n) is 12.1. The monoisotopic (exact) mass is 1070 g/mol. The molecule has 3 heterocycles. The van der Waals surface area contributed by atoms with Gasteiger partial charge in [-0.15, -0.1) is 0 Å². The molecule has 3 saturated heterocycles. The molecule has 0 saturated carbocycles. The summed E-state index contributed by atoms with van der Waals surface area (Å²) in [7, 11) is 0. The summed E-state index contributed by atoms with van der Waals surface area (Å²) in [6, 6.07) is 9.24. The van der Waals surface area contributed by atoms with Gasteiger partial charge >= 0.3 is 6.09 Å². The van der Waals surface area contributed by atoms with Gasteiger partial charge in [-0.1, -0.05) is 30.3 Å². The van der Waals surface area contributed by atoms with Gasteiger partial charge in [0.25, 0.3) is 0 Å². The summed E-state index contributed by atoms with van der Waals surface area (Å²) >= 11 is 0. The fraction of sp³-hybridized carbons (Fsp3) is 0.815. The first-order valence-electron chi connectivity index (χ1n) is 27.8. The minimum absolute atomic E-state index is 0.00571. The molecule has 1 aromatic rings. The smallest absolute Gasteiger partial charge is 0.408 e. The maximum Gasteiger partial charge on any atom is 0.408 e. The number of carbonyl (C=O) groups excluding carboxylic acids is 4. The fourth-order valence-electron chi connectivity index (χ4n) is 7.94. The Morgan fingerprint density at radius 2 is 0.827 bits per heavy atom. The molecule has 3 aliphatic heterocycles. The molecule has 3 aliphatic rings. The summed E-state index contributed by atoms with van der Waals surface area (Å²) in [6.07, 6.45) is 12.7. The first kappa shape index (κ1) is 63.9. The van der Waals surface area contributed by atoms with Crippen LogP contribution in [-0.4, -0.2) is 187 Å². The normalized spacial score (nSPS) is 18.7. The van der Waals surface area contributed by atoms with Gasteiger partial charge in [0, 0.05) is 98.4 Å². The highest BCUT2D eigenvalue weighted by Gasteiger charge is 2.35. The molecule has 0 bridgehead atoms. The van der Waals surface area contributed by atoms with Gasteiger partial charge in [-0.25, -0.2) is 4.79 Å². The van der Waals surface area contributed by atoms with E-state index in [1.165, 1.54) is 0 Å². The SMILES string of the molecule is O=C(CCOCC(COCCC(=O)NCCCOCCCOC1CCCCO1)(COCCC(=O)NCCCOCCCOC1CCCCO1)NC(=O)OCc1ccccc1)NCCCOCCCOC1CCCCO1. The number of alkyl carbamates (subject to hydrolysis) is 1. The van der Waals surface area contributed by atoms with Gasteiger partial charge in [0.05, 0.1) is 59.5 Å². The van der Waals surface area contributed by atoms with Crippen molar-refractivity contribution in [3.8, 4) is 0 Å². The van der Waals surface area contributed by atoms with E-state index in [0.29, 0.717) is 98.4 Å². The Morgan fingerprint density at radius 1 is 0.453 bits per heavy atom. The summed E-state index contributed by atoms with van der Waals surface area (Å²) in [5, 5.41) is 11.6. The molecule has 21 heteroatoms. The van der Waals surface area contributed by atoms with Crippen LogP contribution in [0.5, 0.6) is 0 Å². The van der Waals surface area contributed by atoms with E-state index in [4.69, 9.17) is 61.6 Å². The molecule has 1 aromatic carbocycles. The van der Waals surface area contributed by atoms with Gasteiger partial charge in [-0.2, -0.15) is 0 Å². The molecular weight excluding hydrogens is 977 g/mol. The van der Waals surface area contributed by atoms with Crippen LogP contribution in [0.25, 0.3) is 0 Å². The zero-order valence-corrected chi connectivity index (χ0v) is 44.8. The molecule has 4 N–H and O–H groups in total. The molecule has 0 spiro atoms. The molecular formula is C54H92N4O17. The number of ether oxygens (including phenoxy) is 13. The van der Waals surface area contributed by atoms with Crippen molar-refractivity contribution in [1.82, 2.24) is 21.3 Å². The van der Waals surface area contributed by atoms with Crippen LogP contribution in [0.2, 0.25) is 0 Å². The molecule has 21 nitrogen and oxygen atoms in total. The second kappa shape index (κ2) is 43.4. The average Bonchev–Trinajstić information content (AvgIpc) is 3.43. The average molecular weight is 1070 g/mol. The summed E-state index contributed by atoms with van der Waals surface area (Å²) in [5.41, 5.74) is -0.546. The highest BCUT2D eigenvalue weighted by Crippen LogP contribution is 2.17. The van der Waals surface area contributed by atoms with Crippen LogP contribution in [0.3, 0.4) is 0 Å². The second-order valence-electron chi connectivity index (χ2n) is 18.9. The first-order chi connectivity index (χ1) is 36.9. The van der Waals surface area contributed by atoms with Crippen LogP contribution < -0.4 is 21.3 Å². The number of hydrogen-bond acceptors (Lipinski definition) is 17. The van der Waals surface area contributed by atoms with Gasteiger partial charge < -0.3 is 82.8 Å². The predicted molar refractivity (Wildman–Crippen MR) is 277 cm³/mol. The van der Waals surface area contributed by atoms with Crippen LogP contribution in [0, 0.1) is 0 Å². The van der Waals surface area contributed by atoms with Crippen molar-refractivity contribution >= 4 is 23.8 Å². The number of carbonyl (C=O) groups is 4. The Labute approximate surface area is 445 Å². The lowest BCUT2D eigenvalue weighted by Crippen LogP contribution is -2.59. The number of nitrogens with one attached hydrogen (secondary N) is 4. The van der Waals surface area contributed by atoms with E-state index in [1.807, 2.05) is 30.3 Å². The van der Waals surface area contributed by atoms with E-state index < -0.39 is 11.6 Å². The highest BCUT2D eigenvalue weighted by molar-refractivity contribution is 5.76. The van der Waals surface area contributed by atoms with Gasteiger partial charge in [-0.05, 0) is 102 Å². The molecule has 0 aromatic heterocycles. The standard InChI is InChI=1S/C54H92N4O17/c59-47(55-24-10-27-63-30-13-36-72-50-18-4-7-33-69-50)21-39-66-43-54(58-53(62)75-42-46-16-2-1-3-17-46,44-67-40-22-48(60)56-25-11-28-64-31-14-37-73-51-19-5-8-34-70-51)45-68-41-23-49(61)57-26-12-29-65-32-15-38-74-52-20-6-9-35-71-52/h1-3,16-17,50-52H,4-15,18-45H2,(H,55,59)(H,56,60)(H,57,61)(H,58,62). The van der Waals surface area contributed by atoms with Crippen LogP contribution in [0.4, 0.5) is 4.79 Å². The summed E-state index contributed by atoms with van der Waals surface area (Å²) in [6.45, 7) is 8.18. The van der Waals surface area contributed by atoms with Crippen LogP contribution >= 0.6 is 0 Å². The predicted octanol–water partition coefficient (Wildman–Crippen LogP) is 5.24. The largest absolute Gasteiger partial charge is 0.445 e. The Bertz CT molecular complexity index is 1450. The summed E-state index contributed by atoms with van der Waals surface area (Å²) < 4.78 is 74.8. The molecule has 4 amide bonds. The molecule has 0 aliphatic carbocycles. The zero-order valence-electron chi connectivity index (χ0n) is 44.8. The summed E-state index contributed by atoms with van der Waals surface area (Å²) in [4.78, 5) is 51.7. The molecule has 4 rings (SSSR count). The number of amides is 4. The third-order valence-corrected chi connectivity index (χ3v) is 12.1. The molecule has 3 atom stereocenters. The van der Waals surface area contributed by atoms with Gasteiger partial charge in [0.15, 0.2) is 18.9 Å². The second-order valence-corrected chi connectivity index (χ2v) is 18.9. The van der Waals surface area contributed by atoms with E-state index in [2.05, 4.69) is 21.3 Å². The zero-order chi connectivity index (χ0) is 53.0. The molecule has 3 unspecified atom stereocenters. The highest BCUT2D eigenvalue weighted by atomic mass is 16.7. The maximum atomic E-state index is 13.4. The topological polar surface area (TPSA) is 236 Å².